The van der Waals surface area contributed by atoms with Gasteiger partial charge < -0.3 is 15.2 Å². The Morgan fingerprint density at radius 1 is 1.35 bits per heavy atom. The Hall–Kier alpha value is -1.55. The molecule has 0 heterocycles. The highest BCUT2D eigenvalue weighted by atomic mass is 16.5. The number of fused-ring (bicyclic) bond motifs is 1. The highest BCUT2D eigenvalue weighted by molar-refractivity contribution is 5.76. The lowest BCUT2D eigenvalue weighted by Crippen LogP contribution is -2.26. The fourth-order valence-corrected chi connectivity index (χ4v) is 2.63. The van der Waals surface area contributed by atoms with Gasteiger partial charge in [0.2, 0.25) is 5.91 Å². The first-order valence-electron chi connectivity index (χ1n) is 7.45. The summed E-state index contributed by atoms with van der Waals surface area (Å²) in [5, 5.41) is 12.9. The fourth-order valence-electron chi connectivity index (χ4n) is 2.63. The third kappa shape index (κ3) is 3.31. The standard InChI is InChI=1S/C16H21NO3/c18-15-3-1-2-11-4-7-13(10-14(11)15)20-9-8-16(19)17-12-5-6-12/h4,7,10,12,15,18H,1-3,5-6,8-9H2,(H,17,19)/t15-/m1/s1. The highest BCUT2D eigenvalue weighted by Gasteiger charge is 2.23. The zero-order valence-corrected chi connectivity index (χ0v) is 11.6. The second kappa shape index (κ2) is 5.83. The van der Waals surface area contributed by atoms with Crippen LogP contribution in [-0.2, 0) is 11.2 Å². The molecule has 1 aromatic rings. The van der Waals surface area contributed by atoms with Crippen molar-refractivity contribution >= 4 is 5.91 Å². The Morgan fingerprint density at radius 2 is 2.20 bits per heavy atom. The third-order valence-electron chi connectivity index (χ3n) is 3.94. The van der Waals surface area contributed by atoms with Gasteiger partial charge in [-0.15, -0.1) is 0 Å². The average molecular weight is 275 g/mol. The minimum absolute atomic E-state index is 0.0606. The average Bonchev–Trinajstić information content (AvgIpc) is 3.23. The van der Waals surface area contributed by atoms with Crippen LogP contribution in [0.4, 0.5) is 0 Å². The van der Waals surface area contributed by atoms with Crippen molar-refractivity contribution in [1.29, 1.82) is 0 Å². The van der Waals surface area contributed by atoms with Gasteiger partial charge in [0.25, 0.3) is 0 Å². The molecule has 3 rings (SSSR count). The van der Waals surface area contributed by atoms with E-state index >= 15 is 0 Å². The molecule has 2 N–H and O–H groups in total. The largest absolute Gasteiger partial charge is 0.493 e. The summed E-state index contributed by atoms with van der Waals surface area (Å²) in [6.45, 7) is 0.382. The molecule has 0 radical (unpaired) electrons. The number of aryl methyl sites for hydroxylation is 1. The first-order valence-corrected chi connectivity index (χ1v) is 7.45. The molecule has 2 aliphatic carbocycles. The minimum atomic E-state index is -0.375. The van der Waals surface area contributed by atoms with Crippen molar-refractivity contribution in [3.8, 4) is 5.75 Å². The minimum Gasteiger partial charge on any atom is -0.493 e. The van der Waals surface area contributed by atoms with E-state index in [0.717, 1.165) is 43.4 Å². The van der Waals surface area contributed by atoms with E-state index in [9.17, 15) is 9.90 Å². The number of benzene rings is 1. The molecule has 1 saturated carbocycles. The van der Waals surface area contributed by atoms with Gasteiger partial charge >= 0.3 is 0 Å². The number of nitrogens with one attached hydrogen (secondary N) is 1. The predicted octanol–water partition coefficient (Wildman–Crippen LogP) is 2.10. The van der Waals surface area contributed by atoms with Gasteiger partial charge in [0.1, 0.15) is 5.75 Å². The number of carbonyl (C=O) groups excluding carboxylic acids is 1. The van der Waals surface area contributed by atoms with Gasteiger partial charge in [0.15, 0.2) is 0 Å². The van der Waals surface area contributed by atoms with Crippen LogP contribution in [0.5, 0.6) is 5.75 Å². The molecule has 4 heteroatoms. The van der Waals surface area contributed by atoms with Crippen LogP contribution in [-0.4, -0.2) is 23.7 Å². The zero-order valence-electron chi connectivity index (χ0n) is 11.6. The van der Waals surface area contributed by atoms with E-state index < -0.39 is 0 Å². The van der Waals surface area contributed by atoms with Crippen LogP contribution < -0.4 is 10.1 Å². The van der Waals surface area contributed by atoms with Crippen molar-refractivity contribution in [2.75, 3.05) is 6.61 Å². The van der Waals surface area contributed by atoms with Crippen molar-refractivity contribution in [2.24, 2.45) is 0 Å². The summed E-state index contributed by atoms with van der Waals surface area (Å²) in [5.74, 6) is 0.800. The lowest BCUT2D eigenvalue weighted by Gasteiger charge is -2.22. The molecule has 0 spiro atoms. The zero-order chi connectivity index (χ0) is 13.9. The first kappa shape index (κ1) is 13.4. The van der Waals surface area contributed by atoms with Crippen molar-refractivity contribution in [1.82, 2.24) is 5.32 Å². The number of aliphatic hydroxyl groups is 1. The van der Waals surface area contributed by atoms with Gasteiger partial charge in [-0.2, -0.15) is 0 Å². The summed E-state index contributed by atoms with van der Waals surface area (Å²) in [6, 6.07) is 6.27. The number of rotatable bonds is 5. The van der Waals surface area contributed by atoms with Crippen molar-refractivity contribution < 1.29 is 14.6 Å². The topological polar surface area (TPSA) is 58.6 Å². The summed E-state index contributed by atoms with van der Waals surface area (Å²) in [5.41, 5.74) is 2.19. The second-order valence-electron chi connectivity index (χ2n) is 5.71. The molecule has 0 aromatic heterocycles. The van der Waals surface area contributed by atoms with E-state index in [1.54, 1.807) is 0 Å². The molecule has 0 unspecified atom stereocenters. The van der Waals surface area contributed by atoms with Gasteiger partial charge in [0, 0.05) is 6.04 Å². The second-order valence-corrected chi connectivity index (χ2v) is 5.71. The van der Waals surface area contributed by atoms with Crippen LogP contribution in [0.3, 0.4) is 0 Å². The maximum absolute atomic E-state index is 11.5. The van der Waals surface area contributed by atoms with Gasteiger partial charge in [-0.3, -0.25) is 4.79 Å². The SMILES string of the molecule is O=C(CCOc1ccc2c(c1)[C@H](O)CCC2)NC1CC1. The molecule has 4 nitrogen and oxygen atoms in total. The number of hydrogen-bond donors (Lipinski definition) is 2. The van der Waals surface area contributed by atoms with Crippen molar-refractivity contribution in [2.45, 2.75) is 50.7 Å². The summed E-state index contributed by atoms with van der Waals surface area (Å²) in [7, 11) is 0. The lowest BCUT2D eigenvalue weighted by atomic mass is 9.89. The molecule has 2 aliphatic rings. The molecular formula is C16H21NO3. The fraction of sp³-hybridized carbons (Fsp3) is 0.562. The molecule has 1 atom stereocenters. The van der Waals surface area contributed by atoms with Crippen LogP contribution in [0.15, 0.2) is 18.2 Å². The van der Waals surface area contributed by atoms with Gasteiger partial charge in [-0.1, -0.05) is 6.07 Å². The maximum Gasteiger partial charge on any atom is 0.223 e. The Balaban J connectivity index is 1.52. The summed E-state index contributed by atoms with van der Waals surface area (Å²) >= 11 is 0. The normalized spacial score (nSPS) is 21.1. The molecule has 1 aromatic carbocycles. The van der Waals surface area contributed by atoms with E-state index in [4.69, 9.17) is 4.74 Å². The Bertz CT molecular complexity index is 496. The van der Waals surface area contributed by atoms with Crippen molar-refractivity contribution in [3.05, 3.63) is 29.3 Å². The maximum atomic E-state index is 11.5. The van der Waals surface area contributed by atoms with Crippen LogP contribution in [0.1, 0.15) is 49.3 Å². The molecule has 1 amide bonds. The van der Waals surface area contributed by atoms with Crippen LogP contribution in [0.2, 0.25) is 0 Å². The summed E-state index contributed by atoms with van der Waals surface area (Å²) in [4.78, 5) is 11.5. The smallest absolute Gasteiger partial charge is 0.223 e. The summed E-state index contributed by atoms with van der Waals surface area (Å²) in [6.07, 6.45) is 5.10. The number of amides is 1. The number of hydrogen-bond acceptors (Lipinski definition) is 3. The van der Waals surface area contributed by atoms with E-state index in [1.807, 2.05) is 18.2 Å². The quantitative estimate of drug-likeness (QED) is 0.865. The van der Waals surface area contributed by atoms with Crippen LogP contribution in [0, 0.1) is 0 Å². The Kier molecular flexibility index (Phi) is 3.92. The molecule has 0 bridgehead atoms. The molecule has 0 aliphatic heterocycles. The Labute approximate surface area is 119 Å². The molecule has 0 saturated heterocycles. The molecular weight excluding hydrogens is 254 g/mol. The monoisotopic (exact) mass is 275 g/mol. The highest BCUT2D eigenvalue weighted by Crippen LogP contribution is 2.32. The third-order valence-corrected chi connectivity index (χ3v) is 3.94. The lowest BCUT2D eigenvalue weighted by molar-refractivity contribution is -0.121. The number of ether oxygens (including phenoxy) is 1. The van der Waals surface area contributed by atoms with E-state index in [1.165, 1.54) is 5.56 Å². The summed E-state index contributed by atoms with van der Waals surface area (Å²) < 4.78 is 5.62. The van der Waals surface area contributed by atoms with E-state index in [-0.39, 0.29) is 12.0 Å². The van der Waals surface area contributed by atoms with Gasteiger partial charge in [0.05, 0.1) is 19.1 Å². The molecule has 108 valence electrons. The van der Waals surface area contributed by atoms with Gasteiger partial charge in [-0.25, -0.2) is 0 Å². The van der Waals surface area contributed by atoms with E-state index in [2.05, 4.69) is 5.32 Å². The Morgan fingerprint density at radius 3 is 3.00 bits per heavy atom. The first-order chi connectivity index (χ1) is 9.72. The van der Waals surface area contributed by atoms with Crippen LogP contribution >= 0.6 is 0 Å². The number of carbonyl (C=O) groups is 1. The van der Waals surface area contributed by atoms with Crippen molar-refractivity contribution in [3.63, 3.8) is 0 Å². The van der Waals surface area contributed by atoms with Gasteiger partial charge in [-0.05, 0) is 55.4 Å². The number of aliphatic hydroxyl groups excluding tert-OH is 1. The molecule has 20 heavy (non-hydrogen) atoms. The predicted molar refractivity (Wildman–Crippen MR) is 75.6 cm³/mol. The van der Waals surface area contributed by atoms with Crippen LogP contribution in [0.25, 0.3) is 0 Å². The molecule has 1 fully saturated rings. The van der Waals surface area contributed by atoms with E-state index in [0.29, 0.717) is 19.1 Å².